The summed E-state index contributed by atoms with van der Waals surface area (Å²) in [5.41, 5.74) is 2.83. The van der Waals surface area contributed by atoms with Gasteiger partial charge in [0.2, 0.25) is 0 Å². The van der Waals surface area contributed by atoms with Crippen LogP contribution in [0.5, 0.6) is 5.75 Å². The Kier molecular flexibility index (Phi) is 2.42. The molecule has 0 saturated heterocycles. The number of phenols is 1. The average molecular weight is 270 g/mol. The first-order valence-electron chi connectivity index (χ1n) is 7.74. The fourth-order valence-corrected chi connectivity index (χ4v) is 4.82. The smallest absolute Gasteiger partial charge is 0.115 e. The number of allylic oxidation sites excluding steroid dienone is 1. The highest BCUT2D eigenvalue weighted by molar-refractivity contribution is 5.47. The molecule has 1 aromatic carbocycles. The highest BCUT2D eigenvalue weighted by Crippen LogP contribution is 2.57. The Morgan fingerprint density at radius 2 is 2.05 bits per heavy atom. The fraction of sp³-hybridized carbons (Fsp3) is 0.556. The monoisotopic (exact) mass is 270 g/mol. The Morgan fingerprint density at radius 1 is 1.20 bits per heavy atom. The molecular weight excluding hydrogens is 248 g/mol. The van der Waals surface area contributed by atoms with Crippen LogP contribution in [0.15, 0.2) is 30.4 Å². The van der Waals surface area contributed by atoms with Crippen molar-refractivity contribution in [2.24, 2.45) is 11.3 Å². The highest BCUT2D eigenvalue weighted by atomic mass is 16.3. The molecule has 20 heavy (non-hydrogen) atoms. The van der Waals surface area contributed by atoms with E-state index in [4.69, 9.17) is 0 Å². The van der Waals surface area contributed by atoms with Gasteiger partial charge in [0.25, 0.3) is 0 Å². The van der Waals surface area contributed by atoms with Gasteiger partial charge < -0.3 is 10.2 Å². The van der Waals surface area contributed by atoms with Crippen LogP contribution in [0.2, 0.25) is 0 Å². The number of rotatable bonds is 0. The number of phenolic OH excluding ortho intramolecular Hbond substituents is 1. The van der Waals surface area contributed by atoms with Crippen LogP contribution in [-0.2, 0) is 11.8 Å². The van der Waals surface area contributed by atoms with Crippen molar-refractivity contribution in [1.29, 1.82) is 0 Å². The van der Waals surface area contributed by atoms with Gasteiger partial charge in [0, 0.05) is 10.8 Å². The van der Waals surface area contributed by atoms with E-state index in [9.17, 15) is 10.2 Å². The van der Waals surface area contributed by atoms with E-state index in [1.54, 1.807) is 0 Å². The SMILES string of the molecule is C[C@]12C=C[C@@]3(CCc4cc(O)ccc43)C[C@@H]1CC[C@@H]2O. The molecule has 0 bridgehead atoms. The summed E-state index contributed by atoms with van der Waals surface area (Å²) in [5.74, 6) is 0.962. The van der Waals surface area contributed by atoms with Gasteiger partial charge in [0.05, 0.1) is 6.10 Å². The van der Waals surface area contributed by atoms with Crippen molar-refractivity contribution >= 4 is 0 Å². The van der Waals surface area contributed by atoms with Crippen LogP contribution in [0.3, 0.4) is 0 Å². The summed E-state index contributed by atoms with van der Waals surface area (Å²) in [6.45, 7) is 2.21. The third-order valence-electron chi connectivity index (χ3n) is 6.22. The summed E-state index contributed by atoms with van der Waals surface area (Å²) in [6, 6.07) is 5.85. The maximum atomic E-state index is 10.3. The van der Waals surface area contributed by atoms with Crippen LogP contribution in [0, 0.1) is 11.3 Å². The maximum absolute atomic E-state index is 10.3. The number of aliphatic hydroxyl groups excluding tert-OH is 1. The van der Waals surface area contributed by atoms with Gasteiger partial charge in [-0.1, -0.05) is 25.1 Å². The first-order valence-corrected chi connectivity index (χ1v) is 7.74. The minimum atomic E-state index is -0.179. The molecule has 2 nitrogen and oxygen atoms in total. The van der Waals surface area contributed by atoms with E-state index in [0.717, 1.165) is 32.1 Å². The molecule has 4 rings (SSSR count). The van der Waals surface area contributed by atoms with E-state index in [2.05, 4.69) is 25.1 Å². The lowest BCUT2D eigenvalue weighted by Crippen LogP contribution is -2.39. The van der Waals surface area contributed by atoms with E-state index < -0.39 is 0 Å². The highest BCUT2D eigenvalue weighted by Gasteiger charge is 2.51. The van der Waals surface area contributed by atoms with Gasteiger partial charge in [-0.3, -0.25) is 0 Å². The molecule has 1 saturated carbocycles. The average Bonchev–Trinajstić information content (AvgIpc) is 2.91. The van der Waals surface area contributed by atoms with Gasteiger partial charge in [-0.25, -0.2) is 0 Å². The molecule has 1 spiro atoms. The molecule has 106 valence electrons. The predicted molar refractivity (Wildman–Crippen MR) is 78.7 cm³/mol. The van der Waals surface area contributed by atoms with Crippen molar-refractivity contribution in [3.05, 3.63) is 41.5 Å². The Hall–Kier alpha value is -1.28. The number of aromatic hydroxyl groups is 1. The van der Waals surface area contributed by atoms with Crippen LogP contribution >= 0.6 is 0 Å². The molecule has 1 fully saturated rings. The van der Waals surface area contributed by atoms with Crippen molar-refractivity contribution < 1.29 is 10.2 Å². The number of hydrogen-bond acceptors (Lipinski definition) is 2. The van der Waals surface area contributed by atoms with Gasteiger partial charge in [0.1, 0.15) is 5.75 Å². The number of fused-ring (bicyclic) bond motifs is 3. The van der Waals surface area contributed by atoms with Crippen molar-refractivity contribution in [2.75, 3.05) is 0 Å². The second-order valence-electron chi connectivity index (χ2n) is 7.19. The molecule has 0 aliphatic heterocycles. The summed E-state index contributed by atoms with van der Waals surface area (Å²) in [4.78, 5) is 0. The lowest BCUT2D eigenvalue weighted by Gasteiger charge is -2.43. The first-order chi connectivity index (χ1) is 9.53. The van der Waals surface area contributed by atoms with Gasteiger partial charge in [-0.15, -0.1) is 0 Å². The third kappa shape index (κ3) is 1.49. The standard InChI is InChI=1S/C18H22O2/c1-17-8-9-18(11-13(17)2-5-16(17)20)7-6-12-10-14(19)3-4-15(12)18/h3-4,8-10,13,16,19-20H,2,5-7,11H2,1H3/t13-,16-,17-,18-/m0/s1. The van der Waals surface area contributed by atoms with Crippen molar-refractivity contribution in [3.63, 3.8) is 0 Å². The van der Waals surface area contributed by atoms with Crippen LogP contribution in [0.4, 0.5) is 0 Å². The van der Waals surface area contributed by atoms with Gasteiger partial charge in [-0.2, -0.15) is 0 Å². The summed E-state index contributed by atoms with van der Waals surface area (Å²) in [7, 11) is 0. The second kappa shape index (κ2) is 3.88. The molecule has 0 heterocycles. The zero-order valence-corrected chi connectivity index (χ0v) is 12.0. The first kappa shape index (κ1) is 12.5. The molecule has 0 amide bonds. The van der Waals surface area contributed by atoms with Crippen molar-refractivity contribution in [3.8, 4) is 5.75 Å². The van der Waals surface area contributed by atoms with Gasteiger partial charge in [-0.05, 0) is 61.3 Å². The normalized spacial score (nSPS) is 41.9. The van der Waals surface area contributed by atoms with Crippen LogP contribution < -0.4 is 0 Å². The third-order valence-corrected chi connectivity index (χ3v) is 6.22. The van der Waals surface area contributed by atoms with E-state index in [1.165, 1.54) is 11.1 Å². The Labute approximate surface area is 120 Å². The minimum absolute atomic E-state index is 0.0229. The lowest BCUT2D eigenvalue weighted by molar-refractivity contribution is 0.0625. The minimum Gasteiger partial charge on any atom is -0.508 e. The molecular formula is C18H22O2. The molecule has 1 aromatic rings. The number of hydrogen-bond donors (Lipinski definition) is 2. The molecule has 0 radical (unpaired) electrons. The lowest BCUT2D eigenvalue weighted by atomic mass is 9.62. The molecule has 0 aromatic heterocycles. The topological polar surface area (TPSA) is 40.5 Å². The molecule has 2 N–H and O–H groups in total. The Balaban J connectivity index is 1.78. The molecule has 2 heteroatoms. The summed E-state index contributed by atoms with van der Waals surface area (Å²) >= 11 is 0. The summed E-state index contributed by atoms with van der Waals surface area (Å²) < 4.78 is 0. The van der Waals surface area contributed by atoms with Crippen LogP contribution in [-0.4, -0.2) is 16.3 Å². The maximum Gasteiger partial charge on any atom is 0.115 e. The quantitative estimate of drug-likeness (QED) is 0.710. The van der Waals surface area contributed by atoms with Gasteiger partial charge >= 0.3 is 0 Å². The largest absolute Gasteiger partial charge is 0.508 e. The second-order valence-corrected chi connectivity index (χ2v) is 7.19. The molecule has 4 atom stereocenters. The summed E-state index contributed by atoms with van der Waals surface area (Å²) in [5, 5.41) is 19.9. The molecule has 0 unspecified atom stereocenters. The summed E-state index contributed by atoms with van der Waals surface area (Å²) in [6.07, 6.45) is 9.89. The molecule has 3 aliphatic rings. The Morgan fingerprint density at radius 3 is 2.90 bits per heavy atom. The van der Waals surface area contributed by atoms with Crippen LogP contribution in [0.25, 0.3) is 0 Å². The predicted octanol–water partition coefficient (Wildman–Crippen LogP) is 3.31. The number of aliphatic hydroxyl groups is 1. The van der Waals surface area contributed by atoms with Crippen LogP contribution in [0.1, 0.15) is 43.7 Å². The van der Waals surface area contributed by atoms with E-state index >= 15 is 0 Å². The molecule has 3 aliphatic carbocycles. The van der Waals surface area contributed by atoms with Crippen molar-refractivity contribution in [2.45, 2.75) is 50.5 Å². The zero-order valence-electron chi connectivity index (χ0n) is 12.0. The van der Waals surface area contributed by atoms with Gasteiger partial charge in [0.15, 0.2) is 0 Å². The van der Waals surface area contributed by atoms with E-state index in [-0.39, 0.29) is 16.9 Å². The van der Waals surface area contributed by atoms with Crippen molar-refractivity contribution in [1.82, 2.24) is 0 Å². The Bertz CT molecular complexity index is 591. The number of benzene rings is 1. The zero-order chi connectivity index (χ0) is 14.0. The van der Waals surface area contributed by atoms with E-state index in [0.29, 0.717) is 11.7 Å². The fourth-order valence-electron chi connectivity index (χ4n) is 4.82. The number of aryl methyl sites for hydroxylation is 1. The van der Waals surface area contributed by atoms with E-state index in [1.807, 2.05) is 12.1 Å².